The molecule has 10 heteroatoms. The van der Waals surface area contributed by atoms with Crippen LogP contribution in [0.2, 0.25) is 0 Å². The number of hydrogen-bond acceptors (Lipinski definition) is 6. The van der Waals surface area contributed by atoms with Gasteiger partial charge in [0.1, 0.15) is 11.8 Å². The van der Waals surface area contributed by atoms with Crippen LogP contribution in [-0.4, -0.2) is 60.7 Å². The minimum Gasteiger partial charge on any atom is -0.497 e. The van der Waals surface area contributed by atoms with Gasteiger partial charge in [0.2, 0.25) is 21.8 Å². The summed E-state index contributed by atoms with van der Waals surface area (Å²) in [6, 6.07) is 18.9. The van der Waals surface area contributed by atoms with Crippen molar-refractivity contribution in [1.29, 1.82) is 0 Å². The van der Waals surface area contributed by atoms with Crippen molar-refractivity contribution in [1.82, 2.24) is 19.5 Å². The van der Waals surface area contributed by atoms with E-state index in [1.54, 1.807) is 49.4 Å². The quantitative estimate of drug-likeness (QED) is 0.361. The van der Waals surface area contributed by atoms with Gasteiger partial charge in [-0.1, -0.05) is 30.3 Å². The third-order valence-corrected chi connectivity index (χ3v) is 9.02. The maximum Gasteiger partial charge on any atom is 0.243 e. The molecule has 2 amide bonds. The number of aryl methyl sites for hydroxylation is 1. The molecule has 2 aromatic carbocycles. The van der Waals surface area contributed by atoms with Crippen LogP contribution in [0.4, 0.5) is 0 Å². The lowest BCUT2D eigenvalue weighted by atomic mass is 10.1. The van der Waals surface area contributed by atoms with E-state index >= 15 is 0 Å². The van der Waals surface area contributed by atoms with Crippen LogP contribution in [0.1, 0.15) is 43.0 Å². The average molecular weight is 565 g/mol. The monoisotopic (exact) mass is 564 g/mol. The first-order valence-corrected chi connectivity index (χ1v) is 14.9. The summed E-state index contributed by atoms with van der Waals surface area (Å²) in [6.45, 7) is 3.34. The number of amides is 2. The van der Waals surface area contributed by atoms with Crippen molar-refractivity contribution in [3.63, 3.8) is 0 Å². The number of rotatable bonds is 12. The van der Waals surface area contributed by atoms with Crippen LogP contribution in [0.3, 0.4) is 0 Å². The zero-order chi connectivity index (χ0) is 28.5. The number of hydrogen-bond donors (Lipinski definition) is 1. The van der Waals surface area contributed by atoms with Crippen molar-refractivity contribution in [2.45, 2.75) is 56.6 Å². The molecule has 1 aliphatic heterocycles. The third kappa shape index (κ3) is 7.45. The molecule has 1 N–H and O–H groups in total. The maximum absolute atomic E-state index is 13.5. The van der Waals surface area contributed by atoms with E-state index in [1.807, 2.05) is 42.5 Å². The van der Waals surface area contributed by atoms with Gasteiger partial charge in [-0.15, -0.1) is 0 Å². The van der Waals surface area contributed by atoms with Gasteiger partial charge in [0, 0.05) is 32.3 Å². The number of pyridine rings is 1. The molecule has 0 unspecified atom stereocenters. The van der Waals surface area contributed by atoms with E-state index in [9.17, 15) is 18.0 Å². The summed E-state index contributed by atoms with van der Waals surface area (Å²) in [5.41, 5.74) is 2.45. The van der Waals surface area contributed by atoms with Gasteiger partial charge in [0.25, 0.3) is 0 Å². The van der Waals surface area contributed by atoms with Gasteiger partial charge < -0.3 is 15.0 Å². The number of ether oxygens (including phenoxy) is 1. The van der Waals surface area contributed by atoms with Crippen molar-refractivity contribution in [2.24, 2.45) is 0 Å². The van der Waals surface area contributed by atoms with E-state index in [4.69, 9.17) is 4.74 Å². The second-order valence-electron chi connectivity index (χ2n) is 9.84. The average Bonchev–Trinajstić information content (AvgIpc) is 3.54. The van der Waals surface area contributed by atoms with E-state index in [2.05, 4.69) is 10.3 Å². The fourth-order valence-corrected chi connectivity index (χ4v) is 6.16. The molecule has 0 radical (unpaired) electrons. The van der Waals surface area contributed by atoms with Gasteiger partial charge in [0.05, 0.1) is 24.2 Å². The van der Waals surface area contributed by atoms with Crippen LogP contribution in [0, 0.1) is 0 Å². The van der Waals surface area contributed by atoms with Crippen molar-refractivity contribution in [3.05, 3.63) is 89.7 Å². The Hall–Kier alpha value is -3.76. The summed E-state index contributed by atoms with van der Waals surface area (Å²) < 4.78 is 32.4. The molecule has 212 valence electrons. The summed E-state index contributed by atoms with van der Waals surface area (Å²) in [4.78, 5) is 32.6. The van der Waals surface area contributed by atoms with Crippen molar-refractivity contribution >= 4 is 21.8 Å². The van der Waals surface area contributed by atoms with E-state index in [1.165, 1.54) is 4.31 Å². The molecule has 40 heavy (non-hydrogen) atoms. The van der Waals surface area contributed by atoms with Gasteiger partial charge in [-0.2, -0.15) is 4.31 Å². The largest absolute Gasteiger partial charge is 0.497 e. The maximum atomic E-state index is 13.5. The highest BCUT2D eigenvalue weighted by atomic mass is 32.2. The van der Waals surface area contributed by atoms with Crippen LogP contribution in [0.25, 0.3) is 0 Å². The molecule has 2 heterocycles. The standard InChI is InChI=1S/C30H36N4O5S/c1-23(30(36)32-21-26-7-3-4-18-31-26)34(22-25-8-13-27(39-2)14-9-25)29(35)17-12-24-10-15-28(16-11-24)40(37,38)33-19-5-6-20-33/h3-4,7-11,13-16,18,23H,5-6,12,17,19-22H2,1-2H3,(H,32,36)/t23-/m0/s1. The first kappa shape index (κ1) is 29.2. The van der Waals surface area contributed by atoms with Crippen LogP contribution in [0.5, 0.6) is 5.75 Å². The minimum absolute atomic E-state index is 0.173. The van der Waals surface area contributed by atoms with Gasteiger partial charge >= 0.3 is 0 Å². The first-order valence-electron chi connectivity index (χ1n) is 13.5. The molecule has 1 fully saturated rings. The van der Waals surface area contributed by atoms with Crippen molar-refractivity contribution in [2.75, 3.05) is 20.2 Å². The fraction of sp³-hybridized carbons (Fsp3) is 0.367. The Labute approximate surface area is 236 Å². The highest BCUT2D eigenvalue weighted by Crippen LogP contribution is 2.22. The first-order chi connectivity index (χ1) is 19.3. The molecule has 9 nitrogen and oxygen atoms in total. The Morgan fingerprint density at radius 3 is 2.30 bits per heavy atom. The van der Waals surface area contributed by atoms with Gasteiger partial charge in [0.15, 0.2) is 0 Å². The molecule has 3 aromatic rings. The fourth-order valence-electron chi connectivity index (χ4n) is 4.64. The second-order valence-corrected chi connectivity index (χ2v) is 11.8. The molecule has 0 saturated carbocycles. The molecule has 0 aliphatic carbocycles. The molecule has 4 rings (SSSR count). The molecule has 0 bridgehead atoms. The van der Waals surface area contributed by atoms with Crippen LogP contribution < -0.4 is 10.1 Å². The molecular formula is C30H36N4O5S. The number of carbonyl (C=O) groups excluding carboxylic acids is 2. The lowest BCUT2D eigenvalue weighted by Gasteiger charge is -2.29. The van der Waals surface area contributed by atoms with E-state index < -0.39 is 16.1 Å². The predicted molar refractivity (Wildman–Crippen MR) is 152 cm³/mol. The predicted octanol–water partition coefficient (Wildman–Crippen LogP) is 3.54. The third-order valence-electron chi connectivity index (χ3n) is 7.10. The Balaban J connectivity index is 1.43. The van der Waals surface area contributed by atoms with Crippen LogP contribution >= 0.6 is 0 Å². The van der Waals surface area contributed by atoms with E-state index in [0.29, 0.717) is 25.3 Å². The number of aromatic nitrogens is 1. The lowest BCUT2D eigenvalue weighted by molar-refractivity contribution is -0.140. The molecule has 1 atom stereocenters. The lowest BCUT2D eigenvalue weighted by Crippen LogP contribution is -2.47. The molecule has 1 aliphatic rings. The van der Waals surface area contributed by atoms with Gasteiger partial charge in [-0.05, 0) is 73.7 Å². The zero-order valence-corrected chi connectivity index (χ0v) is 23.8. The molecular weight excluding hydrogens is 528 g/mol. The highest BCUT2D eigenvalue weighted by molar-refractivity contribution is 7.89. The normalized spacial score (nSPS) is 14.4. The molecule has 0 spiro atoms. The summed E-state index contributed by atoms with van der Waals surface area (Å²) in [5.74, 6) is 0.257. The van der Waals surface area contributed by atoms with Gasteiger partial charge in [-0.25, -0.2) is 8.42 Å². The number of sulfonamides is 1. The number of benzene rings is 2. The summed E-state index contributed by atoms with van der Waals surface area (Å²) in [6.07, 6.45) is 4.02. The second kappa shape index (κ2) is 13.5. The zero-order valence-electron chi connectivity index (χ0n) is 23.0. The van der Waals surface area contributed by atoms with E-state index in [0.717, 1.165) is 29.7 Å². The molecule has 1 saturated heterocycles. The number of nitrogens with zero attached hydrogens (tertiary/aromatic N) is 3. The highest BCUT2D eigenvalue weighted by Gasteiger charge is 2.28. The number of carbonyl (C=O) groups is 2. The topological polar surface area (TPSA) is 109 Å². The number of methoxy groups -OCH3 is 1. The van der Waals surface area contributed by atoms with Crippen molar-refractivity contribution in [3.8, 4) is 5.75 Å². The Morgan fingerprint density at radius 2 is 1.68 bits per heavy atom. The van der Waals surface area contributed by atoms with Crippen LogP contribution in [0.15, 0.2) is 77.8 Å². The van der Waals surface area contributed by atoms with Crippen LogP contribution in [-0.2, 0) is 39.1 Å². The minimum atomic E-state index is -3.49. The summed E-state index contributed by atoms with van der Waals surface area (Å²) in [5, 5.41) is 2.88. The molecule has 1 aromatic heterocycles. The SMILES string of the molecule is COc1ccc(CN(C(=O)CCc2ccc(S(=O)(=O)N3CCCC3)cc2)[C@@H](C)C(=O)NCc2ccccn2)cc1. The van der Waals surface area contributed by atoms with E-state index in [-0.39, 0.29) is 36.2 Å². The Kier molecular flexibility index (Phi) is 9.89. The van der Waals surface area contributed by atoms with Crippen molar-refractivity contribution < 1.29 is 22.7 Å². The smallest absolute Gasteiger partial charge is 0.243 e. The van der Waals surface area contributed by atoms with Gasteiger partial charge in [-0.3, -0.25) is 14.6 Å². The Bertz CT molecular complexity index is 1370. The number of nitrogens with one attached hydrogen (secondary N) is 1. The summed E-state index contributed by atoms with van der Waals surface area (Å²) >= 11 is 0. The Morgan fingerprint density at radius 1 is 1.00 bits per heavy atom. The summed E-state index contributed by atoms with van der Waals surface area (Å²) in [7, 11) is -1.90.